The normalized spacial score (nSPS) is 15.0. The zero-order chi connectivity index (χ0) is 28.0. The van der Waals surface area contributed by atoms with Gasteiger partial charge in [0.1, 0.15) is 18.3 Å². The summed E-state index contributed by atoms with van der Waals surface area (Å²) in [6, 6.07) is 14.5. The van der Waals surface area contributed by atoms with Crippen LogP contribution in [0.5, 0.6) is 5.75 Å². The predicted octanol–water partition coefficient (Wildman–Crippen LogP) is 4.86. The van der Waals surface area contributed by atoms with E-state index in [1.807, 2.05) is 83.1 Å². The minimum Gasteiger partial charge on any atom is -0.494 e. The summed E-state index contributed by atoms with van der Waals surface area (Å²) < 4.78 is 5.61. The summed E-state index contributed by atoms with van der Waals surface area (Å²) >= 11 is 0. The minimum absolute atomic E-state index is 0.113. The van der Waals surface area contributed by atoms with Crippen LogP contribution in [0.4, 0.5) is 0 Å². The number of hydrogen-bond acceptors (Lipinski definition) is 6. The summed E-state index contributed by atoms with van der Waals surface area (Å²) in [5.41, 5.74) is 2.02. The van der Waals surface area contributed by atoms with Crippen molar-refractivity contribution in [1.82, 2.24) is 30.4 Å². The van der Waals surface area contributed by atoms with E-state index in [2.05, 4.69) is 20.7 Å². The number of carbonyl (C=O) groups is 2. The van der Waals surface area contributed by atoms with Gasteiger partial charge in [-0.3, -0.25) is 9.59 Å². The minimum atomic E-state index is -0.824. The van der Waals surface area contributed by atoms with Crippen molar-refractivity contribution in [2.24, 2.45) is 0 Å². The topological polar surface area (TPSA) is 102 Å². The molecule has 1 atom stereocenters. The molecule has 1 aromatic heterocycles. The van der Waals surface area contributed by atoms with Crippen molar-refractivity contribution < 1.29 is 14.3 Å². The van der Waals surface area contributed by atoms with Gasteiger partial charge in [0.15, 0.2) is 0 Å². The lowest BCUT2D eigenvalue weighted by molar-refractivity contribution is -0.148. The van der Waals surface area contributed by atoms with Crippen molar-refractivity contribution in [3.05, 3.63) is 59.7 Å². The highest BCUT2D eigenvalue weighted by molar-refractivity contribution is 5.89. The van der Waals surface area contributed by atoms with Gasteiger partial charge in [-0.05, 0) is 70.4 Å². The Balaban J connectivity index is 1.63. The summed E-state index contributed by atoms with van der Waals surface area (Å²) in [4.78, 5) is 30.8. The molecule has 1 aliphatic rings. The van der Waals surface area contributed by atoms with Crippen molar-refractivity contribution in [3.8, 4) is 17.1 Å². The van der Waals surface area contributed by atoms with Gasteiger partial charge in [0.25, 0.3) is 0 Å². The third-order valence-corrected chi connectivity index (χ3v) is 7.00. The fraction of sp³-hybridized carbons (Fsp3) is 0.500. The van der Waals surface area contributed by atoms with Gasteiger partial charge in [-0.25, -0.2) is 0 Å². The number of aromatic nitrogens is 4. The van der Waals surface area contributed by atoms with Crippen LogP contribution in [0, 0.1) is 6.92 Å². The van der Waals surface area contributed by atoms with E-state index in [9.17, 15) is 9.59 Å². The Labute approximate surface area is 230 Å². The molecule has 1 heterocycles. The highest BCUT2D eigenvalue weighted by Gasteiger charge is 2.39. The van der Waals surface area contributed by atoms with E-state index in [1.165, 1.54) is 11.2 Å². The highest BCUT2D eigenvalue weighted by Crippen LogP contribution is 2.31. The van der Waals surface area contributed by atoms with E-state index in [4.69, 9.17) is 4.74 Å². The second-order valence-electron chi connectivity index (χ2n) is 11.2. The molecule has 0 bridgehead atoms. The van der Waals surface area contributed by atoms with E-state index in [-0.39, 0.29) is 24.4 Å². The molecule has 4 rings (SSSR count). The van der Waals surface area contributed by atoms with Gasteiger partial charge in [0.05, 0.1) is 6.61 Å². The first kappa shape index (κ1) is 28.3. The zero-order valence-corrected chi connectivity index (χ0v) is 23.7. The molecular weight excluding hydrogens is 492 g/mol. The van der Waals surface area contributed by atoms with Crippen LogP contribution in [0.2, 0.25) is 0 Å². The molecule has 0 spiro atoms. The quantitative estimate of drug-likeness (QED) is 0.422. The number of hydrogen-bond donors (Lipinski definition) is 1. The van der Waals surface area contributed by atoms with Crippen LogP contribution in [-0.2, 0) is 16.1 Å². The molecule has 0 unspecified atom stereocenters. The van der Waals surface area contributed by atoms with Gasteiger partial charge in [-0.1, -0.05) is 61.2 Å². The Hall–Kier alpha value is -3.75. The molecule has 0 radical (unpaired) electrons. The second-order valence-corrected chi connectivity index (χ2v) is 11.2. The largest absolute Gasteiger partial charge is 0.494 e. The molecular formula is C30H40N6O3. The number of rotatable bonds is 9. The Kier molecular flexibility index (Phi) is 8.99. The monoisotopic (exact) mass is 532 g/mol. The lowest BCUT2D eigenvalue weighted by Gasteiger charge is -2.41. The number of amides is 2. The van der Waals surface area contributed by atoms with E-state index in [0.717, 1.165) is 48.1 Å². The fourth-order valence-electron chi connectivity index (χ4n) is 5.09. The van der Waals surface area contributed by atoms with Gasteiger partial charge in [0, 0.05) is 17.1 Å². The molecule has 1 aliphatic carbocycles. The molecule has 1 N–H and O–H groups in total. The van der Waals surface area contributed by atoms with Gasteiger partial charge in [0.2, 0.25) is 17.6 Å². The molecule has 2 aromatic carbocycles. The molecule has 9 heteroatoms. The maximum atomic E-state index is 13.9. The summed E-state index contributed by atoms with van der Waals surface area (Å²) in [5.74, 6) is 0.717. The molecule has 0 aliphatic heterocycles. The Morgan fingerprint density at radius 1 is 1.05 bits per heavy atom. The zero-order valence-electron chi connectivity index (χ0n) is 23.7. The average molecular weight is 533 g/mol. The van der Waals surface area contributed by atoms with Crippen LogP contribution in [0.25, 0.3) is 11.4 Å². The maximum absolute atomic E-state index is 13.9. The third kappa shape index (κ3) is 7.22. The SMILES string of the molecule is CCOc1ccc([C@@H](C(=O)NC2CCCCC2)N(C(=O)Cn2nnc(-c3ccc(C)cc3)n2)C(C)(C)C)cc1. The predicted molar refractivity (Wildman–Crippen MR) is 150 cm³/mol. The third-order valence-electron chi connectivity index (χ3n) is 7.00. The van der Waals surface area contributed by atoms with Crippen LogP contribution in [-0.4, -0.2) is 55.1 Å². The Bertz CT molecular complexity index is 1240. The van der Waals surface area contributed by atoms with Crippen LogP contribution < -0.4 is 10.1 Å². The number of aryl methyl sites for hydroxylation is 1. The number of carbonyl (C=O) groups excluding carboxylic acids is 2. The Morgan fingerprint density at radius 2 is 1.72 bits per heavy atom. The van der Waals surface area contributed by atoms with Crippen LogP contribution in [0.1, 0.15) is 77.0 Å². The average Bonchev–Trinajstić information content (AvgIpc) is 3.36. The van der Waals surface area contributed by atoms with Gasteiger partial charge in [-0.15, -0.1) is 10.2 Å². The number of nitrogens with one attached hydrogen (secondary N) is 1. The van der Waals surface area contributed by atoms with Crippen LogP contribution >= 0.6 is 0 Å². The van der Waals surface area contributed by atoms with Crippen molar-refractivity contribution in [3.63, 3.8) is 0 Å². The number of nitrogens with zero attached hydrogens (tertiary/aromatic N) is 5. The van der Waals surface area contributed by atoms with Gasteiger partial charge >= 0.3 is 0 Å². The summed E-state index contributed by atoms with van der Waals surface area (Å²) in [7, 11) is 0. The highest BCUT2D eigenvalue weighted by atomic mass is 16.5. The summed E-state index contributed by atoms with van der Waals surface area (Å²) in [6.07, 6.45) is 5.30. The molecule has 9 nitrogen and oxygen atoms in total. The summed E-state index contributed by atoms with van der Waals surface area (Å²) in [6.45, 7) is 10.2. The lowest BCUT2D eigenvalue weighted by Crippen LogP contribution is -2.54. The van der Waals surface area contributed by atoms with Gasteiger partial charge < -0.3 is 15.0 Å². The molecule has 1 fully saturated rings. The van der Waals surface area contributed by atoms with E-state index < -0.39 is 11.6 Å². The molecule has 1 saturated carbocycles. The fourth-order valence-corrected chi connectivity index (χ4v) is 5.09. The van der Waals surface area contributed by atoms with E-state index in [1.54, 1.807) is 4.90 Å². The molecule has 2 amide bonds. The van der Waals surface area contributed by atoms with Crippen LogP contribution in [0.3, 0.4) is 0 Å². The first-order valence-electron chi connectivity index (χ1n) is 13.9. The van der Waals surface area contributed by atoms with Crippen molar-refractivity contribution >= 4 is 11.8 Å². The van der Waals surface area contributed by atoms with Crippen LogP contribution in [0.15, 0.2) is 48.5 Å². The van der Waals surface area contributed by atoms with E-state index >= 15 is 0 Å². The molecule has 39 heavy (non-hydrogen) atoms. The molecule has 3 aromatic rings. The van der Waals surface area contributed by atoms with E-state index in [0.29, 0.717) is 12.4 Å². The molecule has 0 saturated heterocycles. The number of ether oxygens (including phenoxy) is 1. The van der Waals surface area contributed by atoms with Crippen molar-refractivity contribution in [2.75, 3.05) is 6.61 Å². The van der Waals surface area contributed by atoms with Crippen molar-refractivity contribution in [1.29, 1.82) is 0 Å². The first-order valence-corrected chi connectivity index (χ1v) is 13.9. The number of tetrazole rings is 1. The molecule has 208 valence electrons. The number of benzene rings is 2. The summed E-state index contributed by atoms with van der Waals surface area (Å²) in [5, 5.41) is 16.0. The van der Waals surface area contributed by atoms with Gasteiger partial charge in [-0.2, -0.15) is 4.80 Å². The smallest absolute Gasteiger partial charge is 0.247 e. The first-order chi connectivity index (χ1) is 18.7. The lowest BCUT2D eigenvalue weighted by atomic mass is 9.93. The standard InChI is InChI=1S/C30H40N6O3/c1-6-39-25-18-16-22(17-19-25)27(29(38)31-24-10-8-7-9-11-24)36(30(3,4)5)26(37)20-35-33-28(32-34-35)23-14-12-21(2)13-15-23/h12-19,24,27H,6-11,20H2,1-5H3,(H,31,38)/t27-/m0/s1. The van der Waals surface area contributed by atoms with Crippen molar-refractivity contribution in [2.45, 2.75) is 90.9 Å². The second kappa shape index (κ2) is 12.4. The Morgan fingerprint density at radius 3 is 2.33 bits per heavy atom. The maximum Gasteiger partial charge on any atom is 0.247 e.